The van der Waals surface area contributed by atoms with Crippen LogP contribution < -0.4 is 5.32 Å². The highest BCUT2D eigenvalue weighted by Crippen LogP contribution is 2.20. The highest BCUT2D eigenvalue weighted by Gasteiger charge is 2.22. The van der Waals surface area contributed by atoms with Gasteiger partial charge in [0.1, 0.15) is 0 Å². The van der Waals surface area contributed by atoms with Gasteiger partial charge in [0.05, 0.1) is 12.5 Å². The van der Waals surface area contributed by atoms with Gasteiger partial charge in [-0.3, -0.25) is 0 Å². The van der Waals surface area contributed by atoms with Crippen LogP contribution in [0.4, 0.5) is 0 Å². The van der Waals surface area contributed by atoms with Crippen LogP contribution in [-0.2, 0) is 11.2 Å². The molecule has 1 saturated heterocycles. The maximum atomic E-state index is 5.19. The van der Waals surface area contributed by atoms with E-state index in [1.165, 1.54) is 0 Å². The number of rotatable bonds is 4. The minimum absolute atomic E-state index is 0.402. The van der Waals surface area contributed by atoms with Gasteiger partial charge in [-0.1, -0.05) is 5.16 Å². The SMILES string of the molecule is COCCc1noc(C2CCNC2)n1. The van der Waals surface area contributed by atoms with Gasteiger partial charge in [0, 0.05) is 20.1 Å². The molecule has 0 amide bonds. The predicted octanol–water partition coefficient (Wildman–Crippen LogP) is 0.335. The zero-order valence-electron chi connectivity index (χ0n) is 8.32. The zero-order chi connectivity index (χ0) is 9.80. The fraction of sp³-hybridized carbons (Fsp3) is 0.778. The summed E-state index contributed by atoms with van der Waals surface area (Å²) in [6.07, 6.45) is 1.81. The summed E-state index contributed by atoms with van der Waals surface area (Å²) in [5.74, 6) is 1.91. The van der Waals surface area contributed by atoms with Crippen molar-refractivity contribution in [3.63, 3.8) is 0 Å². The van der Waals surface area contributed by atoms with Crippen LogP contribution >= 0.6 is 0 Å². The minimum atomic E-state index is 0.402. The molecule has 1 fully saturated rings. The van der Waals surface area contributed by atoms with Gasteiger partial charge < -0.3 is 14.6 Å². The van der Waals surface area contributed by atoms with E-state index in [9.17, 15) is 0 Å². The van der Waals surface area contributed by atoms with Crippen molar-refractivity contribution in [2.45, 2.75) is 18.8 Å². The van der Waals surface area contributed by atoms with Crippen molar-refractivity contribution in [3.8, 4) is 0 Å². The van der Waals surface area contributed by atoms with Gasteiger partial charge in [-0.2, -0.15) is 4.98 Å². The van der Waals surface area contributed by atoms with Gasteiger partial charge in [-0.05, 0) is 13.0 Å². The zero-order valence-corrected chi connectivity index (χ0v) is 8.32. The van der Waals surface area contributed by atoms with Crippen molar-refractivity contribution in [2.75, 3.05) is 26.8 Å². The molecule has 0 aromatic carbocycles. The van der Waals surface area contributed by atoms with Crippen LogP contribution in [0, 0.1) is 0 Å². The van der Waals surface area contributed by atoms with Gasteiger partial charge in [-0.25, -0.2) is 0 Å². The molecule has 0 radical (unpaired) electrons. The molecular formula is C9H15N3O2. The van der Waals surface area contributed by atoms with E-state index in [4.69, 9.17) is 9.26 Å². The van der Waals surface area contributed by atoms with Crippen molar-refractivity contribution in [2.24, 2.45) is 0 Å². The third-order valence-corrected chi connectivity index (χ3v) is 2.42. The highest BCUT2D eigenvalue weighted by molar-refractivity contribution is 4.98. The normalized spacial score (nSPS) is 21.6. The maximum Gasteiger partial charge on any atom is 0.231 e. The van der Waals surface area contributed by atoms with Gasteiger partial charge in [-0.15, -0.1) is 0 Å². The number of nitrogens with one attached hydrogen (secondary N) is 1. The first kappa shape index (κ1) is 9.61. The highest BCUT2D eigenvalue weighted by atomic mass is 16.5. The van der Waals surface area contributed by atoms with Crippen LogP contribution in [0.3, 0.4) is 0 Å². The van der Waals surface area contributed by atoms with Crippen LogP contribution in [0.2, 0.25) is 0 Å². The van der Waals surface area contributed by atoms with Crippen molar-refractivity contribution >= 4 is 0 Å². The number of hydrogen-bond donors (Lipinski definition) is 1. The monoisotopic (exact) mass is 197 g/mol. The quantitative estimate of drug-likeness (QED) is 0.754. The summed E-state index contributed by atoms with van der Waals surface area (Å²) in [5, 5.41) is 7.18. The Balaban J connectivity index is 1.94. The van der Waals surface area contributed by atoms with E-state index in [0.29, 0.717) is 12.5 Å². The Morgan fingerprint density at radius 1 is 1.64 bits per heavy atom. The van der Waals surface area contributed by atoms with Crippen molar-refractivity contribution < 1.29 is 9.26 Å². The average Bonchev–Trinajstić information content (AvgIpc) is 2.85. The Bertz CT molecular complexity index is 281. The Hall–Kier alpha value is -0.940. The lowest BCUT2D eigenvalue weighted by Gasteiger charge is -1.98. The molecule has 1 atom stereocenters. The van der Waals surface area contributed by atoms with Crippen LogP contribution in [-0.4, -0.2) is 36.9 Å². The molecule has 0 spiro atoms. The maximum absolute atomic E-state index is 5.19. The Morgan fingerprint density at radius 2 is 2.57 bits per heavy atom. The number of aromatic nitrogens is 2. The van der Waals surface area contributed by atoms with Crippen molar-refractivity contribution in [1.82, 2.24) is 15.5 Å². The summed E-state index contributed by atoms with van der Waals surface area (Å²) in [4.78, 5) is 4.33. The molecular weight excluding hydrogens is 182 g/mol. The van der Waals surface area contributed by atoms with E-state index < -0.39 is 0 Å². The smallest absolute Gasteiger partial charge is 0.231 e. The first-order valence-corrected chi connectivity index (χ1v) is 4.92. The lowest BCUT2D eigenvalue weighted by molar-refractivity contribution is 0.199. The number of ether oxygens (including phenoxy) is 1. The molecule has 1 aliphatic heterocycles. The molecule has 2 heterocycles. The summed E-state index contributed by atoms with van der Waals surface area (Å²) in [5.41, 5.74) is 0. The molecule has 1 aromatic heterocycles. The number of nitrogens with zero attached hydrogens (tertiary/aromatic N) is 2. The van der Waals surface area contributed by atoms with Gasteiger partial charge in [0.2, 0.25) is 5.89 Å². The molecule has 14 heavy (non-hydrogen) atoms. The lowest BCUT2D eigenvalue weighted by Crippen LogP contribution is -2.08. The first-order chi connectivity index (χ1) is 6.90. The molecule has 0 bridgehead atoms. The number of hydrogen-bond acceptors (Lipinski definition) is 5. The third kappa shape index (κ3) is 2.10. The van der Waals surface area contributed by atoms with Crippen LogP contribution in [0.15, 0.2) is 4.52 Å². The van der Waals surface area contributed by atoms with E-state index >= 15 is 0 Å². The first-order valence-electron chi connectivity index (χ1n) is 4.92. The third-order valence-electron chi connectivity index (χ3n) is 2.42. The minimum Gasteiger partial charge on any atom is -0.384 e. The van der Waals surface area contributed by atoms with E-state index in [1.807, 2.05) is 0 Å². The molecule has 2 rings (SSSR count). The van der Waals surface area contributed by atoms with Gasteiger partial charge in [0.15, 0.2) is 5.82 Å². The molecule has 1 aromatic rings. The van der Waals surface area contributed by atoms with E-state index in [-0.39, 0.29) is 0 Å². The summed E-state index contributed by atoms with van der Waals surface area (Å²) in [6, 6.07) is 0. The summed E-state index contributed by atoms with van der Waals surface area (Å²) >= 11 is 0. The second-order valence-electron chi connectivity index (χ2n) is 3.48. The van der Waals surface area contributed by atoms with Crippen LogP contribution in [0.5, 0.6) is 0 Å². The summed E-state index contributed by atoms with van der Waals surface area (Å²) < 4.78 is 10.1. The molecule has 0 saturated carbocycles. The van der Waals surface area contributed by atoms with Gasteiger partial charge in [0.25, 0.3) is 0 Å². The fourth-order valence-corrected chi connectivity index (χ4v) is 1.59. The predicted molar refractivity (Wildman–Crippen MR) is 50.1 cm³/mol. The lowest BCUT2D eigenvalue weighted by atomic mass is 10.1. The molecule has 1 N–H and O–H groups in total. The standard InChI is InChI=1S/C9H15N3O2/c1-13-5-3-8-11-9(14-12-8)7-2-4-10-6-7/h7,10H,2-6H2,1H3. The van der Waals surface area contributed by atoms with Crippen LogP contribution in [0.1, 0.15) is 24.1 Å². The van der Waals surface area contributed by atoms with Crippen molar-refractivity contribution in [3.05, 3.63) is 11.7 Å². The summed E-state index contributed by atoms with van der Waals surface area (Å²) in [6.45, 7) is 2.63. The van der Waals surface area contributed by atoms with E-state index in [1.54, 1.807) is 7.11 Å². The Labute approximate surface area is 82.8 Å². The average molecular weight is 197 g/mol. The van der Waals surface area contributed by atoms with Crippen molar-refractivity contribution in [1.29, 1.82) is 0 Å². The topological polar surface area (TPSA) is 60.2 Å². The molecule has 1 aliphatic rings. The van der Waals surface area contributed by atoms with Crippen LogP contribution in [0.25, 0.3) is 0 Å². The second-order valence-corrected chi connectivity index (χ2v) is 3.48. The Morgan fingerprint density at radius 3 is 3.29 bits per heavy atom. The molecule has 0 aliphatic carbocycles. The van der Waals surface area contributed by atoms with Gasteiger partial charge >= 0.3 is 0 Å². The number of methoxy groups -OCH3 is 1. The largest absolute Gasteiger partial charge is 0.384 e. The molecule has 5 heteroatoms. The molecule has 78 valence electrons. The van der Waals surface area contributed by atoms with E-state index in [0.717, 1.165) is 37.6 Å². The fourth-order valence-electron chi connectivity index (χ4n) is 1.59. The second kappa shape index (κ2) is 4.52. The Kier molecular flexibility index (Phi) is 3.10. The molecule has 5 nitrogen and oxygen atoms in total. The summed E-state index contributed by atoms with van der Waals surface area (Å²) in [7, 11) is 1.67. The van der Waals surface area contributed by atoms with E-state index in [2.05, 4.69) is 15.5 Å². The molecule has 1 unspecified atom stereocenters.